The van der Waals surface area contributed by atoms with Crippen molar-refractivity contribution in [2.24, 2.45) is 5.92 Å². The largest absolute Gasteiger partial charge is 0.143 e. The molecule has 1 aromatic rings. The average molecular weight is 291 g/mol. The minimum atomic E-state index is 0.806. The molecular formula is C19H30S. The van der Waals surface area contributed by atoms with E-state index >= 15 is 0 Å². The Labute approximate surface area is 130 Å². The standard InChI is InChI=1S/C19H30S/c1-2-3-4-5-6-7-16-8-10-17(11-9-16)18-12-14-19(20)15-13-18/h12-17,20H,2-11H2,1H3. The molecule has 1 heteroatoms. The summed E-state index contributed by atoms with van der Waals surface area (Å²) >= 11 is 4.37. The molecule has 0 atom stereocenters. The fourth-order valence-electron chi connectivity index (χ4n) is 3.57. The van der Waals surface area contributed by atoms with Crippen LogP contribution >= 0.6 is 12.6 Å². The number of thiol groups is 1. The number of hydrogen-bond donors (Lipinski definition) is 1. The van der Waals surface area contributed by atoms with Gasteiger partial charge < -0.3 is 0 Å². The molecule has 0 amide bonds. The molecule has 1 fully saturated rings. The Kier molecular flexibility index (Phi) is 6.99. The second kappa shape index (κ2) is 8.77. The maximum Gasteiger partial charge on any atom is 0.00401 e. The quantitative estimate of drug-likeness (QED) is 0.424. The van der Waals surface area contributed by atoms with Crippen molar-refractivity contribution in [3.63, 3.8) is 0 Å². The molecule has 0 bridgehead atoms. The van der Waals surface area contributed by atoms with Gasteiger partial charge in [0.15, 0.2) is 0 Å². The van der Waals surface area contributed by atoms with Gasteiger partial charge in [-0.2, -0.15) is 0 Å². The highest BCUT2D eigenvalue weighted by Crippen LogP contribution is 2.37. The average Bonchev–Trinajstić information content (AvgIpc) is 2.49. The van der Waals surface area contributed by atoms with E-state index in [1.807, 2.05) is 0 Å². The summed E-state index contributed by atoms with van der Waals surface area (Å²) in [7, 11) is 0. The van der Waals surface area contributed by atoms with E-state index in [1.165, 1.54) is 69.8 Å². The topological polar surface area (TPSA) is 0 Å². The summed E-state index contributed by atoms with van der Waals surface area (Å²) in [4.78, 5) is 1.08. The fraction of sp³-hybridized carbons (Fsp3) is 0.684. The summed E-state index contributed by atoms with van der Waals surface area (Å²) in [5, 5.41) is 0. The van der Waals surface area contributed by atoms with Gasteiger partial charge in [0, 0.05) is 4.90 Å². The predicted molar refractivity (Wildman–Crippen MR) is 91.8 cm³/mol. The molecule has 1 aliphatic rings. The summed E-state index contributed by atoms with van der Waals surface area (Å²) in [6.07, 6.45) is 14.3. The highest BCUT2D eigenvalue weighted by Gasteiger charge is 2.21. The van der Waals surface area contributed by atoms with Crippen LogP contribution in [0.25, 0.3) is 0 Å². The van der Waals surface area contributed by atoms with Crippen molar-refractivity contribution < 1.29 is 0 Å². The lowest BCUT2D eigenvalue weighted by Gasteiger charge is -2.29. The van der Waals surface area contributed by atoms with E-state index in [2.05, 4.69) is 43.8 Å². The van der Waals surface area contributed by atoms with Gasteiger partial charge in [-0.05, 0) is 55.2 Å². The minimum Gasteiger partial charge on any atom is -0.143 e. The van der Waals surface area contributed by atoms with Crippen molar-refractivity contribution in [3.8, 4) is 0 Å². The molecule has 20 heavy (non-hydrogen) atoms. The van der Waals surface area contributed by atoms with Crippen molar-refractivity contribution in [3.05, 3.63) is 29.8 Å². The summed E-state index contributed by atoms with van der Waals surface area (Å²) < 4.78 is 0. The summed E-state index contributed by atoms with van der Waals surface area (Å²) in [6.45, 7) is 2.29. The molecule has 112 valence electrons. The van der Waals surface area contributed by atoms with Crippen molar-refractivity contribution >= 4 is 12.6 Å². The smallest absolute Gasteiger partial charge is 0.00401 e. The number of benzene rings is 1. The molecule has 0 heterocycles. The molecule has 0 nitrogen and oxygen atoms in total. The van der Waals surface area contributed by atoms with Crippen LogP contribution in [0.4, 0.5) is 0 Å². The zero-order chi connectivity index (χ0) is 14.2. The summed E-state index contributed by atoms with van der Waals surface area (Å²) in [6, 6.07) is 8.83. The normalized spacial score (nSPS) is 22.9. The summed E-state index contributed by atoms with van der Waals surface area (Å²) in [5.41, 5.74) is 1.53. The highest BCUT2D eigenvalue weighted by molar-refractivity contribution is 7.80. The van der Waals surface area contributed by atoms with Gasteiger partial charge in [0.2, 0.25) is 0 Å². The molecule has 1 aliphatic carbocycles. The number of unbranched alkanes of at least 4 members (excludes halogenated alkanes) is 4. The van der Waals surface area contributed by atoms with E-state index in [0.717, 1.165) is 16.7 Å². The number of rotatable bonds is 7. The van der Waals surface area contributed by atoms with Gasteiger partial charge in [0.1, 0.15) is 0 Å². The van der Waals surface area contributed by atoms with E-state index in [-0.39, 0.29) is 0 Å². The van der Waals surface area contributed by atoms with Gasteiger partial charge in [0.25, 0.3) is 0 Å². The van der Waals surface area contributed by atoms with Gasteiger partial charge >= 0.3 is 0 Å². The molecule has 0 aromatic heterocycles. The van der Waals surface area contributed by atoms with Crippen LogP contribution in [0.15, 0.2) is 29.2 Å². The van der Waals surface area contributed by atoms with Gasteiger partial charge in [-0.3, -0.25) is 0 Å². The second-order valence-corrected chi connectivity index (χ2v) is 7.03. The molecule has 0 radical (unpaired) electrons. The van der Waals surface area contributed by atoms with Gasteiger partial charge in [-0.25, -0.2) is 0 Å². The third kappa shape index (κ3) is 5.16. The SMILES string of the molecule is CCCCCCCC1CCC(c2ccc(S)cc2)CC1. The Morgan fingerprint density at radius 1 is 0.900 bits per heavy atom. The monoisotopic (exact) mass is 290 g/mol. The first kappa shape index (κ1) is 15.9. The molecule has 0 aliphatic heterocycles. The minimum absolute atomic E-state index is 0.806. The third-order valence-electron chi connectivity index (χ3n) is 4.93. The van der Waals surface area contributed by atoms with Gasteiger partial charge in [-0.1, -0.05) is 57.6 Å². The van der Waals surface area contributed by atoms with Crippen LogP contribution < -0.4 is 0 Å². The van der Waals surface area contributed by atoms with Gasteiger partial charge in [0.05, 0.1) is 0 Å². The maximum atomic E-state index is 4.37. The van der Waals surface area contributed by atoms with Crippen LogP contribution in [0.5, 0.6) is 0 Å². The Morgan fingerprint density at radius 3 is 2.20 bits per heavy atom. The van der Waals surface area contributed by atoms with Crippen molar-refractivity contribution in [2.45, 2.75) is 81.9 Å². The maximum absolute atomic E-state index is 4.37. The Hall–Kier alpha value is -0.430. The molecule has 1 saturated carbocycles. The molecule has 0 N–H and O–H groups in total. The Balaban J connectivity index is 1.66. The first-order valence-corrected chi connectivity index (χ1v) is 9.03. The molecule has 0 unspecified atom stereocenters. The van der Waals surface area contributed by atoms with Crippen LogP contribution in [-0.4, -0.2) is 0 Å². The van der Waals surface area contributed by atoms with Gasteiger partial charge in [-0.15, -0.1) is 12.6 Å². The molecule has 0 spiro atoms. The van der Waals surface area contributed by atoms with E-state index in [1.54, 1.807) is 0 Å². The first-order valence-electron chi connectivity index (χ1n) is 8.58. The Bertz CT molecular complexity index is 360. The lowest BCUT2D eigenvalue weighted by atomic mass is 9.77. The van der Waals surface area contributed by atoms with Crippen molar-refractivity contribution in [1.29, 1.82) is 0 Å². The van der Waals surface area contributed by atoms with Crippen LogP contribution in [-0.2, 0) is 0 Å². The highest BCUT2D eigenvalue weighted by atomic mass is 32.1. The third-order valence-corrected chi connectivity index (χ3v) is 5.23. The zero-order valence-electron chi connectivity index (χ0n) is 13.0. The Morgan fingerprint density at radius 2 is 1.55 bits per heavy atom. The lowest BCUT2D eigenvalue weighted by molar-refractivity contribution is 0.302. The zero-order valence-corrected chi connectivity index (χ0v) is 13.9. The van der Waals surface area contributed by atoms with E-state index in [0.29, 0.717) is 0 Å². The van der Waals surface area contributed by atoms with Crippen LogP contribution in [0.2, 0.25) is 0 Å². The van der Waals surface area contributed by atoms with Crippen molar-refractivity contribution in [2.75, 3.05) is 0 Å². The van der Waals surface area contributed by atoms with E-state index < -0.39 is 0 Å². The fourth-order valence-corrected chi connectivity index (χ4v) is 3.72. The lowest BCUT2D eigenvalue weighted by Crippen LogP contribution is -2.13. The second-order valence-electron chi connectivity index (χ2n) is 6.51. The van der Waals surface area contributed by atoms with E-state index in [4.69, 9.17) is 0 Å². The molecular weight excluding hydrogens is 260 g/mol. The van der Waals surface area contributed by atoms with Crippen LogP contribution in [0.3, 0.4) is 0 Å². The predicted octanol–water partition coefficient (Wildman–Crippen LogP) is 6.61. The first-order chi connectivity index (χ1) is 9.79. The molecule has 2 rings (SSSR count). The van der Waals surface area contributed by atoms with Crippen molar-refractivity contribution in [1.82, 2.24) is 0 Å². The van der Waals surface area contributed by atoms with Crippen LogP contribution in [0.1, 0.15) is 82.6 Å². The van der Waals surface area contributed by atoms with E-state index in [9.17, 15) is 0 Å². The van der Waals surface area contributed by atoms with Crippen LogP contribution in [0, 0.1) is 5.92 Å². The summed E-state index contributed by atoms with van der Waals surface area (Å²) in [5.74, 6) is 1.82. The molecule has 1 aromatic carbocycles. The number of hydrogen-bond acceptors (Lipinski definition) is 1. The molecule has 0 saturated heterocycles.